The normalized spacial score (nSPS) is 12.2. The zero-order valence-corrected chi connectivity index (χ0v) is 19.6. The average Bonchev–Trinajstić information content (AvgIpc) is 3.12. The summed E-state index contributed by atoms with van der Waals surface area (Å²) in [5.41, 5.74) is 0.127. The molecule has 0 unspecified atom stereocenters. The molecule has 164 valence electrons. The highest BCUT2D eigenvalue weighted by atomic mass is 35.5. The molecule has 0 aliphatic heterocycles. The van der Waals surface area contributed by atoms with Crippen molar-refractivity contribution >= 4 is 67.4 Å². The maximum atomic E-state index is 12.7. The summed E-state index contributed by atoms with van der Waals surface area (Å²) in [7, 11) is -1.22. The van der Waals surface area contributed by atoms with Crippen molar-refractivity contribution in [2.45, 2.75) is 17.3 Å². The third-order valence-electron chi connectivity index (χ3n) is 3.64. The van der Waals surface area contributed by atoms with Crippen LogP contribution in [0.25, 0.3) is 0 Å². The highest BCUT2D eigenvalue weighted by molar-refractivity contribution is 8.01. The molecule has 2 aromatic rings. The van der Waals surface area contributed by atoms with Gasteiger partial charge in [-0.05, 0) is 25.1 Å². The molecule has 1 N–H and O–H groups in total. The second kappa shape index (κ2) is 10.3. The Labute approximate surface area is 187 Å². The Hall–Kier alpha value is -2.09. The van der Waals surface area contributed by atoms with E-state index in [0.717, 1.165) is 33.7 Å². The number of benzene rings is 1. The summed E-state index contributed by atoms with van der Waals surface area (Å²) < 4.78 is 36.1. The summed E-state index contributed by atoms with van der Waals surface area (Å²) in [5, 5.41) is 10.7. The van der Waals surface area contributed by atoms with Crippen LogP contribution in [0.5, 0.6) is 5.75 Å². The van der Waals surface area contributed by atoms with E-state index in [1.54, 1.807) is 6.07 Å². The van der Waals surface area contributed by atoms with Gasteiger partial charge in [-0.1, -0.05) is 34.7 Å². The van der Waals surface area contributed by atoms with Gasteiger partial charge in [-0.2, -0.15) is 0 Å². The fourth-order valence-corrected chi connectivity index (χ4v) is 5.25. The zero-order valence-electron chi connectivity index (χ0n) is 16.4. The lowest BCUT2D eigenvalue weighted by Crippen LogP contribution is -2.45. The SMILES string of the molecule is COC(=O)CSc1nnc(NC(=O)[C@@H](C)N(c2cc(Cl)ccc2OC)S(C)(=O)=O)s1. The second-order valence-electron chi connectivity index (χ2n) is 5.78. The highest BCUT2D eigenvalue weighted by Crippen LogP contribution is 2.34. The number of sulfonamides is 1. The first-order chi connectivity index (χ1) is 14.1. The van der Waals surface area contributed by atoms with Gasteiger partial charge in [-0.3, -0.25) is 19.2 Å². The predicted octanol–water partition coefficient (Wildman–Crippen LogP) is 2.26. The first kappa shape index (κ1) is 24.2. The van der Waals surface area contributed by atoms with Gasteiger partial charge in [0, 0.05) is 5.02 Å². The molecule has 1 heterocycles. The van der Waals surface area contributed by atoms with Gasteiger partial charge in [-0.15, -0.1) is 10.2 Å². The number of amides is 1. The number of methoxy groups -OCH3 is 2. The van der Waals surface area contributed by atoms with Gasteiger partial charge in [0.25, 0.3) is 0 Å². The Kier molecular flexibility index (Phi) is 8.29. The first-order valence-corrected chi connectivity index (χ1v) is 12.3. The topological polar surface area (TPSA) is 128 Å². The average molecular weight is 495 g/mol. The zero-order chi connectivity index (χ0) is 22.5. The predicted molar refractivity (Wildman–Crippen MR) is 116 cm³/mol. The molecular formula is C16H19ClN4O6S3. The van der Waals surface area contributed by atoms with Crippen LogP contribution in [0.15, 0.2) is 22.5 Å². The van der Waals surface area contributed by atoms with Crippen LogP contribution < -0.4 is 14.4 Å². The smallest absolute Gasteiger partial charge is 0.316 e. The monoisotopic (exact) mass is 494 g/mol. The molecule has 0 aliphatic rings. The van der Waals surface area contributed by atoms with Gasteiger partial charge < -0.3 is 9.47 Å². The molecular weight excluding hydrogens is 476 g/mol. The minimum absolute atomic E-state index is 0.0475. The Morgan fingerprint density at radius 2 is 2.03 bits per heavy atom. The molecule has 0 aliphatic carbocycles. The number of halogens is 1. The summed E-state index contributed by atoms with van der Waals surface area (Å²) in [4.78, 5) is 23.9. The van der Waals surface area contributed by atoms with E-state index in [9.17, 15) is 18.0 Å². The molecule has 1 aromatic carbocycles. The van der Waals surface area contributed by atoms with Crippen molar-refractivity contribution in [3.8, 4) is 5.75 Å². The van der Waals surface area contributed by atoms with Crippen molar-refractivity contribution in [2.75, 3.05) is 35.9 Å². The van der Waals surface area contributed by atoms with Crippen molar-refractivity contribution in [2.24, 2.45) is 0 Å². The molecule has 0 radical (unpaired) electrons. The van der Waals surface area contributed by atoms with Gasteiger partial charge in [0.05, 0.1) is 31.9 Å². The van der Waals surface area contributed by atoms with Gasteiger partial charge in [0.15, 0.2) is 4.34 Å². The molecule has 0 bridgehead atoms. The highest BCUT2D eigenvalue weighted by Gasteiger charge is 2.32. The number of aromatic nitrogens is 2. The third kappa shape index (κ3) is 6.20. The number of esters is 1. The summed E-state index contributed by atoms with van der Waals surface area (Å²) in [6, 6.07) is 3.31. The minimum atomic E-state index is -3.87. The van der Waals surface area contributed by atoms with E-state index in [4.69, 9.17) is 16.3 Å². The Morgan fingerprint density at radius 1 is 1.33 bits per heavy atom. The molecule has 0 fully saturated rings. The van der Waals surface area contributed by atoms with Crippen LogP contribution in [0.2, 0.25) is 5.02 Å². The number of hydrogen-bond acceptors (Lipinski definition) is 10. The molecule has 0 saturated heterocycles. The molecule has 2 rings (SSSR count). The van der Waals surface area contributed by atoms with E-state index >= 15 is 0 Å². The van der Waals surface area contributed by atoms with Crippen molar-refractivity contribution < 1.29 is 27.5 Å². The molecule has 10 nitrogen and oxygen atoms in total. The molecule has 0 spiro atoms. The lowest BCUT2D eigenvalue weighted by atomic mass is 10.2. The van der Waals surface area contributed by atoms with Crippen LogP contribution in [-0.2, 0) is 24.3 Å². The second-order valence-corrected chi connectivity index (χ2v) is 10.3. The van der Waals surface area contributed by atoms with Crippen LogP contribution >= 0.6 is 34.7 Å². The number of nitrogens with zero attached hydrogens (tertiary/aromatic N) is 3. The molecule has 0 saturated carbocycles. The van der Waals surface area contributed by atoms with Crippen LogP contribution in [0, 0.1) is 0 Å². The van der Waals surface area contributed by atoms with Crippen molar-refractivity contribution in [1.29, 1.82) is 0 Å². The Morgan fingerprint density at radius 3 is 2.63 bits per heavy atom. The molecule has 1 aromatic heterocycles. The molecule has 1 atom stereocenters. The standard InChI is InChI=1S/C16H19ClN4O6S3/c1-9(14(23)18-15-19-20-16(29-15)28-8-13(22)27-3)21(30(4,24)25)11-7-10(17)5-6-12(11)26-2/h5-7,9H,8H2,1-4H3,(H,18,19,23)/t9-/m1/s1. The number of anilines is 2. The van der Waals surface area contributed by atoms with Gasteiger partial charge in [0.2, 0.25) is 21.1 Å². The fraction of sp³-hybridized carbons (Fsp3) is 0.375. The number of carbonyl (C=O) groups excluding carboxylic acids is 2. The van der Waals surface area contributed by atoms with Gasteiger partial charge in [0.1, 0.15) is 11.8 Å². The number of ether oxygens (including phenoxy) is 2. The van der Waals surface area contributed by atoms with E-state index in [1.165, 1.54) is 33.3 Å². The summed E-state index contributed by atoms with van der Waals surface area (Å²) in [6.07, 6.45) is 0.976. The van der Waals surface area contributed by atoms with Crippen LogP contribution in [0.4, 0.5) is 10.8 Å². The Bertz CT molecular complexity index is 1030. The molecule has 30 heavy (non-hydrogen) atoms. The summed E-state index contributed by atoms with van der Waals surface area (Å²) in [6.45, 7) is 1.42. The Balaban J connectivity index is 2.23. The van der Waals surface area contributed by atoms with Gasteiger partial charge in [-0.25, -0.2) is 8.42 Å². The molecule has 14 heteroatoms. The lowest BCUT2D eigenvalue weighted by molar-refractivity contribution is -0.137. The number of carbonyl (C=O) groups is 2. The van der Waals surface area contributed by atoms with Gasteiger partial charge >= 0.3 is 5.97 Å². The van der Waals surface area contributed by atoms with Crippen molar-refractivity contribution in [1.82, 2.24) is 10.2 Å². The minimum Gasteiger partial charge on any atom is -0.495 e. The van der Waals surface area contributed by atoms with E-state index in [0.29, 0.717) is 4.34 Å². The lowest BCUT2D eigenvalue weighted by Gasteiger charge is -2.29. The van der Waals surface area contributed by atoms with E-state index < -0.39 is 27.9 Å². The van der Waals surface area contributed by atoms with E-state index in [2.05, 4.69) is 20.3 Å². The molecule has 1 amide bonds. The summed E-state index contributed by atoms with van der Waals surface area (Å²) in [5.74, 6) is -0.773. The first-order valence-electron chi connectivity index (χ1n) is 8.23. The number of hydrogen-bond donors (Lipinski definition) is 1. The largest absolute Gasteiger partial charge is 0.495 e. The van der Waals surface area contributed by atoms with Crippen LogP contribution in [0.1, 0.15) is 6.92 Å². The number of rotatable bonds is 9. The van der Waals surface area contributed by atoms with Crippen molar-refractivity contribution in [3.05, 3.63) is 23.2 Å². The van der Waals surface area contributed by atoms with Crippen LogP contribution in [0.3, 0.4) is 0 Å². The maximum absolute atomic E-state index is 12.7. The number of nitrogens with one attached hydrogen (secondary N) is 1. The number of thioether (sulfide) groups is 1. The third-order valence-corrected chi connectivity index (χ3v) is 7.05. The fourth-order valence-electron chi connectivity index (χ4n) is 2.32. The van der Waals surface area contributed by atoms with E-state index in [-0.39, 0.29) is 27.3 Å². The van der Waals surface area contributed by atoms with E-state index in [1.807, 2.05) is 0 Å². The quantitative estimate of drug-likeness (QED) is 0.317. The van der Waals surface area contributed by atoms with Crippen LogP contribution in [-0.4, -0.2) is 62.8 Å². The summed E-state index contributed by atoms with van der Waals surface area (Å²) >= 11 is 8.17. The maximum Gasteiger partial charge on any atom is 0.316 e. The van der Waals surface area contributed by atoms with Crippen molar-refractivity contribution in [3.63, 3.8) is 0 Å².